The summed E-state index contributed by atoms with van der Waals surface area (Å²) in [4.78, 5) is 0. The molecular formula is C27H59NO3S. The van der Waals surface area contributed by atoms with E-state index in [4.69, 9.17) is 0 Å². The number of hydrogen-bond acceptors (Lipinski definition) is 3. The summed E-state index contributed by atoms with van der Waals surface area (Å²) in [6.45, 7) is 16.8. The molecule has 0 spiro atoms. The highest BCUT2D eigenvalue weighted by molar-refractivity contribution is 7.85. The Bertz CT molecular complexity index is 412. The Morgan fingerprint density at radius 1 is 0.469 bits per heavy atom. The van der Waals surface area contributed by atoms with Gasteiger partial charge in [-0.3, -0.25) is 0 Å². The van der Waals surface area contributed by atoms with Gasteiger partial charge in [-0.25, -0.2) is 8.42 Å². The van der Waals surface area contributed by atoms with E-state index in [0.29, 0.717) is 6.42 Å². The third-order valence-electron chi connectivity index (χ3n) is 6.40. The molecule has 0 aromatic rings. The Balaban J connectivity index is 0. The SMILES string of the molecule is CCCCCC[N+](CCCCCC)(CCCCCC)CCCCCC.CCCS(=O)(=O)[O-]. The highest BCUT2D eigenvalue weighted by atomic mass is 32.2. The highest BCUT2D eigenvalue weighted by Crippen LogP contribution is 2.19. The second-order valence-corrected chi connectivity index (χ2v) is 11.3. The van der Waals surface area contributed by atoms with Crippen LogP contribution in [0, 0.1) is 0 Å². The number of unbranched alkanes of at least 4 members (excludes halogenated alkanes) is 12. The molecule has 0 radical (unpaired) electrons. The van der Waals surface area contributed by atoms with Gasteiger partial charge in [0.05, 0.1) is 36.3 Å². The predicted molar refractivity (Wildman–Crippen MR) is 141 cm³/mol. The van der Waals surface area contributed by atoms with Crippen LogP contribution in [0.1, 0.15) is 144 Å². The second-order valence-electron chi connectivity index (χ2n) is 9.74. The van der Waals surface area contributed by atoms with Crippen molar-refractivity contribution in [3.8, 4) is 0 Å². The molecule has 196 valence electrons. The van der Waals surface area contributed by atoms with Gasteiger partial charge in [-0.05, 0) is 57.8 Å². The molecule has 0 aromatic heterocycles. The summed E-state index contributed by atoms with van der Waals surface area (Å²) in [5.41, 5.74) is 0. The van der Waals surface area contributed by atoms with E-state index in [2.05, 4.69) is 27.7 Å². The largest absolute Gasteiger partial charge is 0.748 e. The average Bonchev–Trinajstić information content (AvgIpc) is 2.74. The Kier molecular flexibility index (Phi) is 25.5. The molecule has 0 amide bonds. The van der Waals surface area contributed by atoms with Crippen molar-refractivity contribution in [1.82, 2.24) is 0 Å². The van der Waals surface area contributed by atoms with Gasteiger partial charge < -0.3 is 9.04 Å². The maximum absolute atomic E-state index is 9.68. The van der Waals surface area contributed by atoms with Gasteiger partial charge in [0.15, 0.2) is 0 Å². The average molecular weight is 478 g/mol. The zero-order valence-electron chi connectivity index (χ0n) is 22.6. The first-order chi connectivity index (χ1) is 15.3. The van der Waals surface area contributed by atoms with Crippen LogP contribution in [0.3, 0.4) is 0 Å². The molecule has 0 fully saturated rings. The van der Waals surface area contributed by atoms with Crippen molar-refractivity contribution in [2.75, 3.05) is 31.9 Å². The lowest BCUT2D eigenvalue weighted by Gasteiger charge is -2.39. The zero-order valence-corrected chi connectivity index (χ0v) is 23.5. The summed E-state index contributed by atoms with van der Waals surface area (Å²) in [6, 6.07) is 0. The van der Waals surface area contributed by atoms with Gasteiger partial charge in [0.2, 0.25) is 0 Å². The minimum atomic E-state index is -3.92. The van der Waals surface area contributed by atoms with Gasteiger partial charge in [-0.2, -0.15) is 0 Å². The van der Waals surface area contributed by atoms with Crippen molar-refractivity contribution in [2.24, 2.45) is 0 Å². The molecular weight excluding hydrogens is 418 g/mol. The molecule has 32 heavy (non-hydrogen) atoms. The summed E-state index contributed by atoms with van der Waals surface area (Å²) in [5, 5.41) is 0. The molecule has 0 heterocycles. The van der Waals surface area contributed by atoms with Gasteiger partial charge >= 0.3 is 0 Å². The number of quaternary nitrogens is 1. The summed E-state index contributed by atoms with van der Waals surface area (Å²) in [6.07, 6.45) is 23.3. The van der Waals surface area contributed by atoms with Gasteiger partial charge in [0, 0.05) is 5.75 Å². The fourth-order valence-corrected chi connectivity index (χ4v) is 4.92. The van der Waals surface area contributed by atoms with E-state index in [0.717, 1.165) is 0 Å². The molecule has 0 unspecified atom stereocenters. The van der Waals surface area contributed by atoms with Gasteiger partial charge in [0.1, 0.15) is 0 Å². The Morgan fingerprint density at radius 2 is 0.750 bits per heavy atom. The normalized spacial score (nSPS) is 11.9. The molecule has 0 saturated carbocycles. The molecule has 0 aliphatic heterocycles. The van der Waals surface area contributed by atoms with E-state index in [1.807, 2.05) is 0 Å². The number of rotatable bonds is 22. The monoisotopic (exact) mass is 477 g/mol. The minimum absolute atomic E-state index is 0.243. The maximum atomic E-state index is 9.68. The number of nitrogens with zero attached hydrogens (tertiary/aromatic N) is 1. The molecule has 0 bridgehead atoms. The van der Waals surface area contributed by atoms with Crippen LogP contribution in [0.15, 0.2) is 0 Å². The van der Waals surface area contributed by atoms with Crippen LogP contribution >= 0.6 is 0 Å². The Hall–Kier alpha value is -0.130. The molecule has 0 aliphatic carbocycles. The molecule has 0 atom stereocenters. The fraction of sp³-hybridized carbons (Fsp3) is 1.00. The van der Waals surface area contributed by atoms with Crippen molar-refractivity contribution in [3.05, 3.63) is 0 Å². The predicted octanol–water partition coefficient (Wildman–Crippen LogP) is 8.07. The molecule has 5 heteroatoms. The van der Waals surface area contributed by atoms with E-state index in [1.54, 1.807) is 6.92 Å². The topological polar surface area (TPSA) is 57.2 Å². The summed E-state index contributed by atoms with van der Waals surface area (Å²) in [5.74, 6) is -0.243. The Morgan fingerprint density at radius 3 is 0.906 bits per heavy atom. The van der Waals surface area contributed by atoms with Crippen molar-refractivity contribution in [1.29, 1.82) is 0 Å². The first kappa shape index (κ1) is 34.0. The Labute approximate surface area is 203 Å². The highest BCUT2D eigenvalue weighted by Gasteiger charge is 2.25. The standard InChI is InChI=1S/C24H52N.C3H8O3S/c1-5-9-13-17-21-25(22-18-14-10-6-2,23-19-15-11-7-3)24-20-16-12-8-4;1-2-3-7(4,5)6/h5-24H2,1-4H3;2-3H2,1H3,(H,4,5,6)/q+1;/p-1. The van der Waals surface area contributed by atoms with Crippen LogP contribution in [0.5, 0.6) is 0 Å². The smallest absolute Gasteiger partial charge is 0.0945 e. The first-order valence-electron chi connectivity index (χ1n) is 14.1. The van der Waals surface area contributed by atoms with Crippen LogP contribution in [-0.2, 0) is 10.1 Å². The third kappa shape index (κ3) is 24.5. The van der Waals surface area contributed by atoms with Gasteiger partial charge in [0.25, 0.3) is 0 Å². The maximum Gasteiger partial charge on any atom is 0.0945 e. The lowest BCUT2D eigenvalue weighted by Crippen LogP contribution is -2.50. The van der Waals surface area contributed by atoms with E-state index in [-0.39, 0.29) is 5.75 Å². The van der Waals surface area contributed by atoms with Crippen LogP contribution in [-0.4, -0.2) is 49.4 Å². The molecule has 4 nitrogen and oxygen atoms in total. The van der Waals surface area contributed by atoms with Gasteiger partial charge in [-0.1, -0.05) is 86.0 Å². The van der Waals surface area contributed by atoms with E-state index < -0.39 is 10.1 Å². The zero-order chi connectivity index (χ0) is 24.6. The lowest BCUT2D eigenvalue weighted by atomic mass is 10.1. The third-order valence-corrected chi connectivity index (χ3v) is 7.31. The van der Waals surface area contributed by atoms with Crippen LogP contribution < -0.4 is 0 Å². The molecule has 0 aliphatic rings. The quantitative estimate of drug-likeness (QED) is 0.0899. The molecule has 0 saturated heterocycles. The first-order valence-corrected chi connectivity index (χ1v) is 15.7. The van der Waals surface area contributed by atoms with Crippen LogP contribution in [0.2, 0.25) is 0 Å². The summed E-state index contributed by atoms with van der Waals surface area (Å²) < 4.78 is 30.5. The van der Waals surface area contributed by atoms with E-state index in [1.165, 1.54) is 133 Å². The molecule has 0 rings (SSSR count). The number of hydrogen-bond donors (Lipinski definition) is 0. The van der Waals surface area contributed by atoms with Crippen molar-refractivity contribution >= 4 is 10.1 Å². The van der Waals surface area contributed by atoms with Crippen molar-refractivity contribution in [3.63, 3.8) is 0 Å². The van der Waals surface area contributed by atoms with E-state index >= 15 is 0 Å². The van der Waals surface area contributed by atoms with Crippen molar-refractivity contribution in [2.45, 2.75) is 144 Å². The van der Waals surface area contributed by atoms with Crippen LogP contribution in [0.4, 0.5) is 0 Å². The lowest BCUT2D eigenvalue weighted by molar-refractivity contribution is -0.929. The fourth-order valence-electron chi connectivity index (χ4n) is 4.42. The second kappa shape index (κ2) is 24.0. The van der Waals surface area contributed by atoms with Crippen LogP contribution in [0.25, 0.3) is 0 Å². The summed E-state index contributed by atoms with van der Waals surface area (Å²) in [7, 11) is -3.92. The molecule has 0 N–H and O–H groups in total. The molecule has 0 aromatic carbocycles. The van der Waals surface area contributed by atoms with Gasteiger partial charge in [-0.15, -0.1) is 0 Å². The minimum Gasteiger partial charge on any atom is -0.748 e. The van der Waals surface area contributed by atoms with E-state index in [9.17, 15) is 13.0 Å². The summed E-state index contributed by atoms with van der Waals surface area (Å²) >= 11 is 0. The van der Waals surface area contributed by atoms with Crippen molar-refractivity contribution < 1.29 is 17.5 Å².